The normalized spacial score (nSPS) is 15.3. The number of amides is 2. The first-order valence-corrected chi connectivity index (χ1v) is 11.5. The van der Waals surface area contributed by atoms with Crippen molar-refractivity contribution in [1.82, 2.24) is 15.2 Å². The first kappa shape index (κ1) is 23.1. The Hall–Kier alpha value is -2.62. The molecule has 1 aliphatic heterocycles. The third-order valence-electron chi connectivity index (χ3n) is 5.19. The van der Waals surface area contributed by atoms with Crippen molar-refractivity contribution in [3.05, 3.63) is 58.6 Å². The SMILES string of the molecule is COc1ccc(Cl)cc1C(=O)NNC(=O)C1CCN(S(=O)(=O)c2ccc(C)cc2)CC1. The lowest BCUT2D eigenvalue weighted by molar-refractivity contribution is -0.126. The summed E-state index contributed by atoms with van der Waals surface area (Å²) in [5, 5.41) is 0.361. The lowest BCUT2D eigenvalue weighted by Gasteiger charge is -2.30. The summed E-state index contributed by atoms with van der Waals surface area (Å²) < 4.78 is 32.1. The molecule has 2 amide bonds. The van der Waals surface area contributed by atoms with Gasteiger partial charge in [-0.3, -0.25) is 20.4 Å². The molecule has 0 radical (unpaired) electrons. The zero-order valence-corrected chi connectivity index (χ0v) is 18.8. The second-order valence-corrected chi connectivity index (χ2v) is 9.65. The maximum atomic E-state index is 12.8. The third-order valence-corrected chi connectivity index (χ3v) is 7.34. The first-order valence-electron chi connectivity index (χ1n) is 9.73. The van der Waals surface area contributed by atoms with Gasteiger partial charge in [0.25, 0.3) is 5.91 Å². The summed E-state index contributed by atoms with van der Waals surface area (Å²) in [6.07, 6.45) is 0.709. The number of ether oxygens (including phenoxy) is 1. The quantitative estimate of drug-likeness (QED) is 0.660. The molecule has 1 fully saturated rings. The van der Waals surface area contributed by atoms with Crippen LogP contribution in [-0.4, -0.2) is 44.7 Å². The molecular formula is C21H24ClN3O5S. The van der Waals surface area contributed by atoms with Gasteiger partial charge in [-0.2, -0.15) is 4.31 Å². The number of piperidine rings is 1. The molecule has 0 spiro atoms. The van der Waals surface area contributed by atoms with Gasteiger partial charge in [-0.1, -0.05) is 29.3 Å². The molecule has 1 aliphatic rings. The summed E-state index contributed by atoms with van der Waals surface area (Å²) in [5.74, 6) is -1.02. The van der Waals surface area contributed by atoms with Crippen molar-refractivity contribution in [1.29, 1.82) is 0 Å². The summed E-state index contributed by atoms with van der Waals surface area (Å²) >= 11 is 5.93. The Kier molecular flexibility index (Phi) is 7.19. The van der Waals surface area contributed by atoms with Crippen LogP contribution in [0.5, 0.6) is 5.75 Å². The second kappa shape index (κ2) is 9.67. The fourth-order valence-corrected chi connectivity index (χ4v) is 5.00. The summed E-state index contributed by atoms with van der Waals surface area (Å²) in [6.45, 7) is 2.34. The molecule has 10 heteroatoms. The Balaban J connectivity index is 1.55. The van der Waals surface area contributed by atoms with Crippen LogP contribution in [0.2, 0.25) is 5.02 Å². The van der Waals surface area contributed by atoms with Crippen LogP contribution >= 0.6 is 11.6 Å². The van der Waals surface area contributed by atoms with Gasteiger partial charge in [0, 0.05) is 24.0 Å². The van der Waals surface area contributed by atoms with Gasteiger partial charge in [-0.25, -0.2) is 8.42 Å². The van der Waals surface area contributed by atoms with Crippen molar-refractivity contribution < 1.29 is 22.7 Å². The highest BCUT2D eigenvalue weighted by Crippen LogP contribution is 2.25. The minimum absolute atomic E-state index is 0.189. The number of benzene rings is 2. The standard InChI is InChI=1S/C21H24ClN3O5S/c1-14-3-6-17(7-4-14)31(28,29)25-11-9-15(10-12-25)20(26)23-24-21(27)18-13-16(22)5-8-19(18)30-2/h3-8,13,15H,9-12H2,1-2H3,(H,23,26)(H,24,27). The molecule has 2 aromatic rings. The average molecular weight is 466 g/mol. The number of aryl methyl sites for hydroxylation is 1. The van der Waals surface area contributed by atoms with Crippen LogP contribution in [0.3, 0.4) is 0 Å². The largest absolute Gasteiger partial charge is 0.496 e. The topological polar surface area (TPSA) is 105 Å². The van der Waals surface area contributed by atoms with Gasteiger partial charge in [0.1, 0.15) is 5.75 Å². The van der Waals surface area contributed by atoms with Crippen molar-refractivity contribution in [3.63, 3.8) is 0 Å². The summed E-state index contributed by atoms with van der Waals surface area (Å²) in [4.78, 5) is 25.1. The molecule has 1 heterocycles. The Bertz CT molecular complexity index is 1060. The van der Waals surface area contributed by atoms with E-state index in [1.54, 1.807) is 36.4 Å². The smallest absolute Gasteiger partial charge is 0.273 e. The van der Waals surface area contributed by atoms with E-state index in [-0.39, 0.29) is 29.5 Å². The number of hydrogen-bond acceptors (Lipinski definition) is 5. The van der Waals surface area contributed by atoms with Crippen LogP contribution in [0.15, 0.2) is 47.4 Å². The molecule has 0 aliphatic carbocycles. The van der Waals surface area contributed by atoms with Crippen LogP contribution in [0, 0.1) is 12.8 Å². The maximum absolute atomic E-state index is 12.8. The highest BCUT2D eigenvalue weighted by Gasteiger charge is 2.32. The summed E-state index contributed by atoms with van der Waals surface area (Å²) in [5.41, 5.74) is 5.94. The molecular weight excluding hydrogens is 442 g/mol. The minimum atomic E-state index is -3.60. The van der Waals surface area contributed by atoms with Gasteiger partial charge < -0.3 is 4.74 Å². The molecule has 166 valence electrons. The van der Waals surface area contributed by atoms with Crippen molar-refractivity contribution in [2.45, 2.75) is 24.7 Å². The fraction of sp³-hybridized carbons (Fsp3) is 0.333. The molecule has 31 heavy (non-hydrogen) atoms. The molecule has 2 aromatic carbocycles. The van der Waals surface area contributed by atoms with Crippen molar-refractivity contribution >= 4 is 33.4 Å². The van der Waals surface area contributed by atoms with Crippen LogP contribution in [-0.2, 0) is 14.8 Å². The van der Waals surface area contributed by atoms with E-state index in [9.17, 15) is 18.0 Å². The number of hydrazine groups is 1. The Labute approximate surface area is 186 Å². The average Bonchev–Trinajstić information content (AvgIpc) is 2.77. The Morgan fingerprint density at radius 3 is 2.32 bits per heavy atom. The summed E-state index contributed by atoms with van der Waals surface area (Å²) in [7, 11) is -2.17. The monoisotopic (exact) mass is 465 g/mol. The maximum Gasteiger partial charge on any atom is 0.273 e. The number of carbonyl (C=O) groups is 2. The van der Waals surface area contributed by atoms with Gasteiger partial charge in [0.15, 0.2) is 0 Å². The number of sulfonamides is 1. The van der Waals surface area contributed by atoms with Crippen molar-refractivity contribution in [2.24, 2.45) is 5.92 Å². The van der Waals surface area contributed by atoms with Gasteiger partial charge in [0.2, 0.25) is 15.9 Å². The van der Waals surface area contributed by atoms with E-state index in [0.29, 0.717) is 23.6 Å². The van der Waals surface area contributed by atoms with Crippen LogP contribution in [0.4, 0.5) is 0 Å². The number of nitrogens with one attached hydrogen (secondary N) is 2. The van der Waals surface area contributed by atoms with Crippen LogP contribution in [0.1, 0.15) is 28.8 Å². The van der Waals surface area contributed by atoms with Gasteiger partial charge in [-0.15, -0.1) is 0 Å². The zero-order chi connectivity index (χ0) is 22.6. The van der Waals surface area contributed by atoms with Gasteiger partial charge >= 0.3 is 0 Å². The van der Waals surface area contributed by atoms with E-state index in [1.807, 2.05) is 6.92 Å². The van der Waals surface area contributed by atoms with Crippen LogP contribution < -0.4 is 15.6 Å². The summed E-state index contributed by atoms with van der Waals surface area (Å²) in [6, 6.07) is 11.3. The Morgan fingerprint density at radius 1 is 1.06 bits per heavy atom. The molecule has 2 N–H and O–H groups in total. The molecule has 8 nitrogen and oxygen atoms in total. The molecule has 0 aromatic heterocycles. The van der Waals surface area contributed by atoms with E-state index in [1.165, 1.54) is 17.5 Å². The number of carbonyl (C=O) groups excluding carboxylic acids is 2. The highest BCUT2D eigenvalue weighted by atomic mass is 35.5. The minimum Gasteiger partial charge on any atom is -0.496 e. The molecule has 1 saturated heterocycles. The van der Waals surface area contributed by atoms with Gasteiger partial charge in [-0.05, 0) is 50.1 Å². The number of methoxy groups -OCH3 is 1. The molecule has 3 rings (SSSR count). The first-order chi connectivity index (χ1) is 14.7. The van der Waals surface area contributed by atoms with Crippen molar-refractivity contribution in [3.8, 4) is 5.75 Å². The lowest BCUT2D eigenvalue weighted by Crippen LogP contribution is -2.48. The number of nitrogens with zero attached hydrogens (tertiary/aromatic N) is 1. The van der Waals surface area contributed by atoms with Crippen molar-refractivity contribution in [2.75, 3.05) is 20.2 Å². The molecule has 0 saturated carbocycles. The molecule has 0 atom stereocenters. The second-order valence-electron chi connectivity index (χ2n) is 7.28. The molecule has 0 bridgehead atoms. The predicted octanol–water partition coefficient (Wildman–Crippen LogP) is 2.52. The van der Waals surface area contributed by atoms with Crippen LogP contribution in [0.25, 0.3) is 0 Å². The Morgan fingerprint density at radius 2 is 1.71 bits per heavy atom. The zero-order valence-electron chi connectivity index (χ0n) is 17.2. The fourth-order valence-electron chi connectivity index (χ4n) is 3.36. The highest BCUT2D eigenvalue weighted by molar-refractivity contribution is 7.89. The van der Waals surface area contributed by atoms with E-state index in [0.717, 1.165) is 5.56 Å². The lowest BCUT2D eigenvalue weighted by atomic mass is 9.98. The predicted molar refractivity (Wildman–Crippen MR) is 116 cm³/mol. The van der Waals surface area contributed by atoms with E-state index in [4.69, 9.17) is 16.3 Å². The van der Waals surface area contributed by atoms with E-state index in [2.05, 4.69) is 10.9 Å². The number of halogens is 1. The third kappa shape index (κ3) is 5.36. The van der Waals surface area contributed by atoms with Gasteiger partial charge in [0.05, 0.1) is 17.6 Å². The van der Waals surface area contributed by atoms with E-state index < -0.39 is 21.8 Å². The van der Waals surface area contributed by atoms with E-state index >= 15 is 0 Å². The number of rotatable bonds is 5. The molecule has 0 unspecified atom stereocenters. The number of hydrogen-bond donors (Lipinski definition) is 2.